The van der Waals surface area contributed by atoms with Crippen molar-refractivity contribution in [3.8, 4) is 0 Å². The lowest BCUT2D eigenvalue weighted by atomic mass is 10.0. The SMILES string of the molecule is O=C(C(O)c1ccc(F)cc1)N1CCc2nc(N3CC4CCNCC3C4)sc2C1. The lowest BCUT2D eigenvalue weighted by molar-refractivity contribution is -0.141. The van der Waals surface area contributed by atoms with E-state index in [-0.39, 0.29) is 11.7 Å². The van der Waals surface area contributed by atoms with Crippen molar-refractivity contribution in [2.45, 2.75) is 38.0 Å². The lowest BCUT2D eigenvalue weighted by Gasteiger charge is -2.28. The third-order valence-corrected chi connectivity index (χ3v) is 7.43. The number of nitrogens with one attached hydrogen (secondary N) is 1. The van der Waals surface area contributed by atoms with E-state index in [0.29, 0.717) is 31.1 Å². The molecule has 0 aliphatic carbocycles. The standard InChI is InChI=1S/C21H25FN4O2S/c22-15-3-1-14(2-4-15)19(27)20(28)25-8-6-17-18(12-25)29-21(24-17)26-11-13-5-7-23-10-16(26)9-13/h1-4,13,16,19,23,27H,5-12H2. The first kappa shape index (κ1) is 19.0. The maximum Gasteiger partial charge on any atom is 0.256 e. The molecule has 3 atom stereocenters. The van der Waals surface area contributed by atoms with E-state index in [1.807, 2.05) is 0 Å². The number of hydrogen-bond donors (Lipinski definition) is 2. The van der Waals surface area contributed by atoms with Crippen LogP contribution in [0.25, 0.3) is 0 Å². The highest BCUT2D eigenvalue weighted by Gasteiger charge is 2.36. The van der Waals surface area contributed by atoms with Gasteiger partial charge in [0.2, 0.25) is 0 Å². The number of anilines is 1. The Labute approximate surface area is 173 Å². The van der Waals surface area contributed by atoms with Gasteiger partial charge in [0.25, 0.3) is 5.91 Å². The molecule has 4 heterocycles. The monoisotopic (exact) mass is 416 g/mol. The summed E-state index contributed by atoms with van der Waals surface area (Å²) in [7, 11) is 0. The van der Waals surface area contributed by atoms with Gasteiger partial charge in [-0.25, -0.2) is 9.37 Å². The Morgan fingerprint density at radius 2 is 2.17 bits per heavy atom. The molecule has 29 heavy (non-hydrogen) atoms. The summed E-state index contributed by atoms with van der Waals surface area (Å²) >= 11 is 1.68. The Bertz CT molecular complexity index is 903. The Balaban J connectivity index is 1.30. The number of nitrogens with zero attached hydrogens (tertiary/aromatic N) is 3. The van der Waals surface area contributed by atoms with Gasteiger partial charge in [-0.1, -0.05) is 23.5 Å². The van der Waals surface area contributed by atoms with Crippen LogP contribution in [-0.4, -0.2) is 53.1 Å². The van der Waals surface area contributed by atoms with Crippen LogP contribution in [0, 0.1) is 11.7 Å². The summed E-state index contributed by atoms with van der Waals surface area (Å²) in [6.45, 7) is 4.21. The maximum absolute atomic E-state index is 13.1. The smallest absolute Gasteiger partial charge is 0.256 e. The number of amides is 1. The molecule has 3 aliphatic heterocycles. The molecule has 2 bridgehead atoms. The molecule has 0 spiro atoms. The summed E-state index contributed by atoms with van der Waals surface area (Å²) in [4.78, 5) is 22.9. The molecule has 2 fully saturated rings. The molecule has 0 radical (unpaired) electrons. The number of aromatic nitrogens is 1. The second-order valence-electron chi connectivity index (χ2n) is 8.23. The maximum atomic E-state index is 13.1. The van der Waals surface area contributed by atoms with Crippen molar-refractivity contribution in [3.05, 3.63) is 46.2 Å². The van der Waals surface area contributed by atoms with Gasteiger partial charge in [0, 0.05) is 37.0 Å². The van der Waals surface area contributed by atoms with Crippen LogP contribution in [0.1, 0.15) is 35.1 Å². The van der Waals surface area contributed by atoms with E-state index in [2.05, 4.69) is 10.2 Å². The highest BCUT2D eigenvalue weighted by Crippen LogP contribution is 2.37. The van der Waals surface area contributed by atoms with Gasteiger partial charge in [0.15, 0.2) is 11.2 Å². The second-order valence-corrected chi connectivity index (χ2v) is 9.29. The molecule has 6 nitrogen and oxygen atoms in total. The molecule has 8 heteroatoms. The predicted octanol–water partition coefficient (Wildman–Crippen LogP) is 2.09. The number of rotatable bonds is 3. The Kier molecular flexibility index (Phi) is 5.01. The van der Waals surface area contributed by atoms with Crippen molar-refractivity contribution in [2.24, 2.45) is 5.92 Å². The largest absolute Gasteiger partial charge is 0.378 e. The van der Waals surface area contributed by atoms with Crippen LogP contribution < -0.4 is 10.2 Å². The van der Waals surface area contributed by atoms with Crippen LogP contribution >= 0.6 is 11.3 Å². The molecule has 5 rings (SSSR count). The molecule has 3 unspecified atom stereocenters. The van der Waals surface area contributed by atoms with Gasteiger partial charge in [-0.15, -0.1) is 0 Å². The van der Waals surface area contributed by atoms with E-state index in [9.17, 15) is 14.3 Å². The van der Waals surface area contributed by atoms with Crippen LogP contribution in [0.3, 0.4) is 0 Å². The lowest BCUT2D eigenvalue weighted by Crippen LogP contribution is -2.39. The molecule has 1 amide bonds. The number of aliphatic hydroxyl groups excluding tert-OH is 1. The van der Waals surface area contributed by atoms with Crippen LogP contribution in [0.2, 0.25) is 0 Å². The fourth-order valence-electron chi connectivity index (χ4n) is 4.68. The number of halogens is 1. The summed E-state index contributed by atoms with van der Waals surface area (Å²) < 4.78 is 13.1. The second kappa shape index (κ2) is 7.66. The van der Waals surface area contributed by atoms with E-state index < -0.39 is 6.10 Å². The van der Waals surface area contributed by atoms with Crippen molar-refractivity contribution in [1.82, 2.24) is 15.2 Å². The number of carbonyl (C=O) groups is 1. The normalized spacial score (nSPS) is 24.9. The van der Waals surface area contributed by atoms with Crippen molar-refractivity contribution >= 4 is 22.4 Å². The summed E-state index contributed by atoms with van der Waals surface area (Å²) in [6.07, 6.45) is 1.89. The molecular formula is C21H25FN4O2S. The molecule has 2 saturated heterocycles. The van der Waals surface area contributed by atoms with Crippen molar-refractivity contribution in [1.29, 1.82) is 0 Å². The minimum Gasteiger partial charge on any atom is -0.378 e. The Hall–Kier alpha value is -2.03. The average molecular weight is 417 g/mol. The number of fused-ring (bicyclic) bond motifs is 3. The number of aliphatic hydroxyl groups is 1. The number of benzene rings is 1. The molecule has 0 saturated carbocycles. The summed E-state index contributed by atoms with van der Waals surface area (Å²) in [5.41, 5.74) is 1.50. The summed E-state index contributed by atoms with van der Waals surface area (Å²) in [5.74, 6) is 0.0142. The number of hydrogen-bond acceptors (Lipinski definition) is 6. The zero-order valence-corrected chi connectivity index (χ0v) is 17.0. The van der Waals surface area contributed by atoms with E-state index >= 15 is 0 Å². The van der Waals surface area contributed by atoms with Crippen molar-refractivity contribution in [2.75, 3.05) is 31.1 Å². The molecule has 154 valence electrons. The van der Waals surface area contributed by atoms with E-state index in [1.165, 1.54) is 37.1 Å². The third-order valence-electron chi connectivity index (χ3n) is 6.31. The number of carbonyl (C=O) groups excluding carboxylic acids is 1. The highest BCUT2D eigenvalue weighted by atomic mass is 32.1. The molecule has 1 aromatic heterocycles. The van der Waals surface area contributed by atoms with Gasteiger partial charge in [0.1, 0.15) is 5.82 Å². The minimum atomic E-state index is -1.27. The Morgan fingerprint density at radius 1 is 1.34 bits per heavy atom. The minimum absolute atomic E-state index is 0.338. The molecular weight excluding hydrogens is 391 g/mol. The van der Waals surface area contributed by atoms with Crippen molar-refractivity contribution in [3.63, 3.8) is 0 Å². The molecule has 2 aromatic rings. The van der Waals surface area contributed by atoms with E-state index in [0.717, 1.165) is 41.3 Å². The predicted molar refractivity (Wildman–Crippen MR) is 109 cm³/mol. The third kappa shape index (κ3) is 3.65. The highest BCUT2D eigenvalue weighted by molar-refractivity contribution is 7.15. The van der Waals surface area contributed by atoms with Crippen LogP contribution in [-0.2, 0) is 17.8 Å². The summed E-state index contributed by atoms with van der Waals surface area (Å²) in [5, 5.41) is 15.0. The van der Waals surface area contributed by atoms with Crippen LogP contribution in [0.4, 0.5) is 9.52 Å². The molecule has 1 aromatic carbocycles. The van der Waals surface area contributed by atoms with E-state index in [1.54, 1.807) is 16.2 Å². The zero-order valence-electron chi connectivity index (χ0n) is 16.2. The Morgan fingerprint density at radius 3 is 3.00 bits per heavy atom. The van der Waals surface area contributed by atoms with Gasteiger partial charge in [-0.05, 0) is 43.0 Å². The average Bonchev–Trinajstić information content (AvgIpc) is 3.24. The van der Waals surface area contributed by atoms with Gasteiger partial charge >= 0.3 is 0 Å². The first-order valence-corrected chi connectivity index (χ1v) is 11.1. The quantitative estimate of drug-likeness (QED) is 0.802. The molecule has 3 aliphatic rings. The van der Waals surface area contributed by atoms with Gasteiger partial charge < -0.3 is 20.2 Å². The summed E-state index contributed by atoms with van der Waals surface area (Å²) in [6, 6.07) is 5.95. The first-order chi connectivity index (χ1) is 14.1. The molecule has 2 N–H and O–H groups in total. The first-order valence-electron chi connectivity index (χ1n) is 10.3. The topological polar surface area (TPSA) is 68.7 Å². The zero-order chi connectivity index (χ0) is 20.0. The fraction of sp³-hybridized carbons (Fsp3) is 0.524. The van der Waals surface area contributed by atoms with Crippen molar-refractivity contribution < 1.29 is 14.3 Å². The van der Waals surface area contributed by atoms with Crippen LogP contribution in [0.5, 0.6) is 0 Å². The fourth-order valence-corrected chi connectivity index (χ4v) is 5.88. The number of thiazole rings is 1. The van der Waals surface area contributed by atoms with E-state index in [4.69, 9.17) is 4.98 Å². The van der Waals surface area contributed by atoms with Crippen LogP contribution in [0.15, 0.2) is 24.3 Å². The van der Waals surface area contributed by atoms with Gasteiger partial charge in [0.05, 0.1) is 12.2 Å². The van der Waals surface area contributed by atoms with Gasteiger partial charge in [-0.3, -0.25) is 4.79 Å². The van der Waals surface area contributed by atoms with Gasteiger partial charge in [-0.2, -0.15) is 0 Å².